The third-order valence-corrected chi connectivity index (χ3v) is 4.32. The number of fused-ring (bicyclic) bond motifs is 1. The van der Waals surface area contributed by atoms with Crippen LogP contribution in [0.4, 0.5) is 5.82 Å². The number of carbonyl (C=O) groups excluding carboxylic acids is 1. The molecule has 1 aromatic carbocycles. The van der Waals surface area contributed by atoms with E-state index in [1.54, 1.807) is 18.2 Å². The molecule has 1 amide bonds. The minimum absolute atomic E-state index is 0.170. The summed E-state index contributed by atoms with van der Waals surface area (Å²) in [4.78, 5) is 18.6. The van der Waals surface area contributed by atoms with Crippen LogP contribution in [0.15, 0.2) is 41.6 Å². The number of rotatable bonds is 3. The molecule has 2 aromatic rings. The average molecular weight is 396 g/mol. The Hall–Kier alpha value is -2.49. The molecule has 0 radical (unpaired) electrons. The third-order valence-electron chi connectivity index (χ3n) is 3.84. The minimum atomic E-state index is -4.73. The van der Waals surface area contributed by atoms with Crippen molar-refractivity contribution in [3.63, 3.8) is 0 Å². The van der Waals surface area contributed by atoms with E-state index in [2.05, 4.69) is 14.4 Å². The van der Waals surface area contributed by atoms with Crippen LogP contribution in [0.1, 0.15) is 27.9 Å². The van der Waals surface area contributed by atoms with Gasteiger partial charge >= 0.3 is 10.4 Å². The number of hydrogen-bond donors (Lipinski definition) is 1. The number of benzene rings is 1. The summed E-state index contributed by atoms with van der Waals surface area (Å²) in [6, 6.07) is 10.2. The number of halogens is 1. The Morgan fingerprint density at radius 1 is 1.31 bits per heavy atom. The average Bonchev–Trinajstić information content (AvgIpc) is 2.58. The molecule has 0 aliphatic carbocycles. The van der Waals surface area contributed by atoms with Crippen LogP contribution < -0.4 is 4.90 Å². The predicted octanol–water partition coefficient (Wildman–Crippen LogP) is 2.62. The summed E-state index contributed by atoms with van der Waals surface area (Å²) in [5.74, 6) is -0.0106. The van der Waals surface area contributed by atoms with E-state index in [0.29, 0.717) is 11.1 Å². The zero-order valence-electron chi connectivity index (χ0n) is 13.6. The number of amides is 1. The van der Waals surface area contributed by atoms with Crippen molar-refractivity contribution in [3.8, 4) is 0 Å². The molecule has 2 heterocycles. The van der Waals surface area contributed by atoms with Gasteiger partial charge in [-0.2, -0.15) is 8.42 Å². The van der Waals surface area contributed by atoms with Crippen molar-refractivity contribution >= 4 is 39.4 Å². The lowest BCUT2D eigenvalue weighted by atomic mass is 10.0. The van der Waals surface area contributed by atoms with E-state index in [0.717, 1.165) is 5.56 Å². The third kappa shape index (κ3) is 3.85. The molecule has 0 unspecified atom stereocenters. The Labute approximate surface area is 155 Å². The van der Waals surface area contributed by atoms with Crippen molar-refractivity contribution < 1.29 is 22.0 Å². The van der Waals surface area contributed by atoms with Crippen LogP contribution in [0.3, 0.4) is 0 Å². The van der Waals surface area contributed by atoms with Crippen molar-refractivity contribution in [2.45, 2.75) is 13.3 Å². The van der Waals surface area contributed by atoms with Crippen LogP contribution in [0.25, 0.3) is 0 Å². The van der Waals surface area contributed by atoms with Gasteiger partial charge in [-0.05, 0) is 30.7 Å². The molecule has 0 fully saturated rings. The summed E-state index contributed by atoms with van der Waals surface area (Å²) in [6.45, 7) is 2.03. The standard InChI is InChI=1S/C16H14ClN3O5S/c1-10-4-2-3-5-11(10)16(21)20-9-8-13(19-25-26(22,23)24)12-6-7-14(17)18-15(12)20/h2-7H,8-9H2,1H3,(H,22,23,24)/b19-13-. The SMILES string of the molecule is Cc1ccccc1C(=O)N1CC/C(=N/OS(=O)(=O)O)c2ccc(Cl)nc21. The molecule has 136 valence electrons. The second kappa shape index (κ2) is 7.02. The van der Waals surface area contributed by atoms with Crippen molar-refractivity contribution in [3.05, 3.63) is 58.2 Å². The molecule has 0 saturated heterocycles. The predicted molar refractivity (Wildman–Crippen MR) is 95.9 cm³/mol. The maximum atomic E-state index is 13.0. The van der Waals surface area contributed by atoms with Crippen LogP contribution in [-0.2, 0) is 14.7 Å². The Bertz CT molecular complexity index is 1010. The molecule has 0 spiro atoms. The Balaban J connectivity index is 2.03. The molecule has 26 heavy (non-hydrogen) atoms. The van der Waals surface area contributed by atoms with Gasteiger partial charge in [-0.25, -0.2) is 9.27 Å². The lowest BCUT2D eigenvalue weighted by Gasteiger charge is -2.29. The second-order valence-electron chi connectivity index (χ2n) is 5.57. The van der Waals surface area contributed by atoms with Gasteiger partial charge in [-0.15, -0.1) is 0 Å². The summed E-state index contributed by atoms with van der Waals surface area (Å²) in [7, 11) is -4.73. The van der Waals surface area contributed by atoms with E-state index in [4.69, 9.17) is 16.2 Å². The highest BCUT2D eigenvalue weighted by Gasteiger charge is 2.30. The fourth-order valence-electron chi connectivity index (χ4n) is 2.66. The van der Waals surface area contributed by atoms with Gasteiger partial charge in [0.05, 0.1) is 5.71 Å². The summed E-state index contributed by atoms with van der Waals surface area (Å²) in [5.41, 5.74) is 1.96. The largest absolute Gasteiger partial charge is 0.466 e. The first-order chi connectivity index (χ1) is 12.3. The number of oxime groups is 1. The molecule has 0 bridgehead atoms. The van der Waals surface area contributed by atoms with Crippen LogP contribution in [-0.4, -0.2) is 36.1 Å². The summed E-state index contributed by atoms with van der Waals surface area (Å²) in [6.07, 6.45) is 0.212. The summed E-state index contributed by atoms with van der Waals surface area (Å²) >= 11 is 5.97. The highest BCUT2D eigenvalue weighted by Crippen LogP contribution is 2.29. The fourth-order valence-corrected chi connectivity index (χ4v) is 2.98. The van der Waals surface area contributed by atoms with Gasteiger partial charge in [0.1, 0.15) is 11.0 Å². The highest BCUT2D eigenvalue weighted by atomic mass is 35.5. The van der Waals surface area contributed by atoms with E-state index in [1.807, 2.05) is 19.1 Å². The van der Waals surface area contributed by atoms with Crippen molar-refractivity contribution in [1.82, 2.24) is 4.98 Å². The van der Waals surface area contributed by atoms with Crippen molar-refractivity contribution in [2.24, 2.45) is 5.16 Å². The van der Waals surface area contributed by atoms with Gasteiger partial charge in [-0.1, -0.05) is 35.0 Å². The molecule has 8 nitrogen and oxygen atoms in total. The van der Waals surface area contributed by atoms with E-state index in [-0.39, 0.29) is 35.6 Å². The van der Waals surface area contributed by atoms with Gasteiger partial charge in [-0.3, -0.25) is 14.2 Å². The molecule has 1 N–H and O–H groups in total. The lowest BCUT2D eigenvalue weighted by Crippen LogP contribution is -2.38. The topological polar surface area (TPSA) is 109 Å². The minimum Gasteiger partial charge on any atom is -0.292 e. The van der Waals surface area contributed by atoms with E-state index >= 15 is 0 Å². The first-order valence-electron chi connectivity index (χ1n) is 7.53. The molecule has 10 heteroatoms. The van der Waals surface area contributed by atoms with Gasteiger partial charge in [0.15, 0.2) is 0 Å². The molecule has 1 aliphatic heterocycles. The maximum Gasteiger partial charge on any atom is 0.466 e. The van der Waals surface area contributed by atoms with Gasteiger partial charge < -0.3 is 0 Å². The first kappa shape index (κ1) is 18.3. The number of carbonyl (C=O) groups is 1. The zero-order valence-corrected chi connectivity index (χ0v) is 15.2. The first-order valence-corrected chi connectivity index (χ1v) is 9.28. The number of pyridine rings is 1. The normalized spacial score (nSPS) is 15.7. The van der Waals surface area contributed by atoms with E-state index in [1.165, 1.54) is 11.0 Å². The smallest absolute Gasteiger partial charge is 0.292 e. The van der Waals surface area contributed by atoms with E-state index in [9.17, 15) is 13.2 Å². The number of hydrogen-bond acceptors (Lipinski definition) is 6. The molecule has 1 aromatic heterocycles. The number of aryl methyl sites for hydroxylation is 1. The Kier molecular flexibility index (Phi) is 4.94. The van der Waals surface area contributed by atoms with Crippen LogP contribution >= 0.6 is 11.6 Å². The molecule has 0 atom stereocenters. The number of aromatic nitrogens is 1. The second-order valence-corrected chi connectivity index (χ2v) is 6.96. The maximum absolute atomic E-state index is 13.0. The van der Waals surface area contributed by atoms with Crippen LogP contribution in [0.2, 0.25) is 5.15 Å². The molecule has 3 rings (SSSR count). The van der Waals surface area contributed by atoms with Gasteiger partial charge in [0.25, 0.3) is 5.91 Å². The summed E-state index contributed by atoms with van der Waals surface area (Å²) in [5, 5.41) is 3.64. The Morgan fingerprint density at radius 3 is 2.73 bits per heavy atom. The molecule has 1 aliphatic rings. The Morgan fingerprint density at radius 2 is 2.04 bits per heavy atom. The zero-order chi connectivity index (χ0) is 18.9. The van der Waals surface area contributed by atoms with Gasteiger partial charge in [0.2, 0.25) is 0 Å². The van der Waals surface area contributed by atoms with E-state index < -0.39 is 10.4 Å². The lowest BCUT2D eigenvalue weighted by molar-refractivity contribution is 0.0985. The molecular weight excluding hydrogens is 382 g/mol. The molecule has 0 saturated carbocycles. The number of anilines is 1. The quantitative estimate of drug-likeness (QED) is 0.486. The monoisotopic (exact) mass is 395 g/mol. The molecular formula is C16H14ClN3O5S. The van der Waals surface area contributed by atoms with Crippen molar-refractivity contribution in [1.29, 1.82) is 0 Å². The van der Waals surface area contributed by atoms with Crippen LogP contribution in [0, 0.1) is 6.92 Å². The fraction of sp³-hybridized carbons (Fsp3) is 0.188. The number of nitrogens with zero attached hydrogens (tertiary/aromatic N) is 3. The van der Waals surface area contributed by atoms with Crippen LogP contribution in [0.5, 0.6) is 0 Å². The highest BCUT2D eigenvalue weighted by molar-refractivity contribution is 7.80. The summed E-state index contributed by atoms with van der Waals surface area (Å²) < 4.78 is 34.3. The van der Waals surface area contributed by atoms with Crippen molar-refractivity contribution in [2.75, 3.05) is 11.4 Å². The van der Waals surface area contributed by atoms with Gasteiger partial charge in [0, 0.05) is 24.1 Å².